The zero-order valence-electron chi connectivity index (χ0n) is 10.7. The molecule has 5 heteroatoms. The quantitative estimate of drug-likeness (QED) is 0.759. The van der Waals surface area contributed by atoms with Gasteiger partial charge in [0.1, 0.15) is 12.2 Å². The summed E-state index contributed by atoms with van der Waals surface area (Å²) in [6.07, 6.45) is -1.84. The van der Waals surface area contributed by atoms with Crippen molar-refractivity contribution in [2.45, 2.75) is 38.3 Å². The van der Waals surface area contributed by atoms with Gasteiger partial charge in [-0.15, -0.1) is 0 Å². The van der Waals surface area contributed by atoms with Gasteiger partial charge < -0.3 is 14.2 Å². The summed E-state index contributed by atoms with van der Waals surface area (Å²) >= 11 is 0. The number of fused-ring (bicyclic) bond motifs is 5. The number of benzene rings is 1. The van der Waals surface area contributed by atoms with E-state index in [9.17, 15) is 9.59 Å². The first-order chi connectivity index (χ1) is 9.08. The highest BCUT2D eigenvalue weighted by Gasteiger charge is 2.56. The van der Waals surface area contributed by atoms with Crippen molar-refractivity contribution in [2.75, 3.05) is 0 Å². The molecule has 100 valence electrons. The second kappa shape index (κ2) is 4.35. The van der Waals surface area contributed by atoms with Crippen molar-refractivity contribution in [1.82, 2.24) is 0 Å². The van der Waals surface area contributed by atoms with Crippen LogP contribution in [0.5, 0.6) is 0 Å². The van der Waals surface area contributed by atoms with E-state index in [1.807, 2.05) is 24.3 Å². The van der Waals surface area contributed by atoms with Gasteiger partial charge in [-0.1, -0.05) is 24.3 Å². The summed E-state index contributed by atoms with van der Waals surface area (Å²) in [6, 6.07) is 7.71. The van der Waals surface area contributed by atoms with Gasteiger partial charge in [0.15, 0.2) is 12.2 Å². The van der Waals surface area contributed by atoms with E-state index >= 15 is 0 Å². The van der Waals surface area contributed by atoms with Gasteiger partial charge in [-0.2, -0.15) is 0 Å². The predicted octanol–water partition coefficient (Wildman–Crippen LogP) is 1.68. The number of hydrogen-bond acceptors (Lipinski definition) is 5. The second-order valence-electron chi connectivity index (χ2n) is 4.75. The molecule has 5 nitrogen and oxygen atoms in total. The average molecular weight is 262 g/mol. The lowest BCUT2D eigenvalue weighted by Crippen LogP contribution is -2.38. The van der Waals surface area contributed by atoms with E-state index in [4.69, 9.17) is 14.2 Å². The lowest BCUT2D eigenvalue weighted by Gasteiger charge is -2.28. The topological polar surface area (TPSA) is 61.8 Å². The fourth-order valence-electron chi connectivity index (χ4n) is 2.83. The molecule has 4 atom stereocenters. The first kappa shape index (κ1) is 12.2. The van der Waals surface area contributed by atoms with Crippen LogP contribution in [0.1, 0.15) is 37.2 Å². The van der Waals surface area contributed by atoms with Crippen LogP contribution in [-0.4, -0.2) is 24.1 Å². The summed E-state index contributed by atoms with van der Waals surface area (Å²) in [6.45, 7) is 2.67. The summed E-state index contributed by atoms with van der Waals surface area (Å²) in [5.41, 5.74) is 2.00. The Hall–Kier alpha value is -1.88. The molecule has 0 saturated carbocycles. The van der Waals surface area contributed by atoms with E-state index in [1.54, 1.807) is 0 Å². The van der Waals surface area contributed by atoms with E-state index in [2.05, 4.69) is 0 Å². The highest BCUT2D eigenvalue weighted by molar-refractivity contribution is 5.68. The molecule has 0 N–H and O–H groups in total. The molecule has 2 heterocycles. The molecule has 1 saturated heterocycles. The van der Waals surface area contributed by atoms with Gasteiger partial charge >= 0.3 is 11.9 Å². The molecule has 0 aliphatic carbocycles. The molecule has 2 bridgehead atoms. The predicted molar refractivity (Wildman–Crippen MR) is 64.1 cm³/mol. The molecular formula is C14H14O5. The third-order valence-electron chi connectivity index (χ3n) is 3.43. The Bertz CT molecular complexity index is 491. The van der Waals surface area contributed by atoms with Crippen LogP contribution in [0.3, 0.4) is 0 Å². The zero-order chi connectivity index (χ0) is 13.6. The van der Waals surface area contributed by atoms with Gasteiger partial charge in [-0.25, -0.2) is 0 Å². The molecule has 3 rings (SSSR count). The lowest BCUT2D eigenvalue weighted by molar-refractivity contribution is -0.164. The normalized spacial score (nSPS) is 30.8. The summed E-state index contributed by atoms with van der Waals surface area (Å²) in [5.74, 6) is -0.813. The van der Waals surface area contributed by atoms with Crippen LogP contribution in [0, 0.1) is 0 Å². The molecule has 19 heavy (non-hydrogen) atoms. The van der Waals surface area contributed by atoms with Gasteiger partial charge in [0.05, 0.1) is 0 Å². The van der Waals surface area contributed by atoms with Crippen molar-refractivity contribution >= 4 is 11.9 Å². The van der Waals surface area contributed by atoms with Gasteiger partial charge in [0.2, 0.25) is 0 Å². The Morgan fingerprint density at radius 3 is 1.74 bits per heavy atom. The number of carbonyl (C=O) groups is 2. The highest BCUT2D eigenvalue weighted by atomic mass is 16.6. The van der Waals surface area contributed by atoms with Gasteiger partial charge in [-0.3, -0.25) is 9.59 Å². The summed E-state index contributed by atoms with van der Waals surface area (Å²) in [5, 5.41) is 0. The van der Waals surface area contributed by atoms with Crippen LogP contribution in [-0.2, 0) is 23.8 Å². The van der Waals surface area contributed by atoms with Crippen molar-refractivity contribution < 1.29 is 23.8 Å². The van der Waals surface area contributed by atoms with Crippen LogP contribution >= 0.6 is 0 Å². The van der Waals surface area contributed by atoms with Crippen molar-refractivity contribution in [3.8, 4) is 0 Å². The third kappa shape index (κ3) is 1.90. The Morgan fingerprint density at radius 2 is 1.37 bits per heavy atom. The van der Waals surface area contributed by atoms with Gasteiger partial charge in [0.25, 0.3) is 0 Å². The minimum Gasteiger partial charge on any atom is -0.455 e. The van der Waals surface area contributed by atoms with E-state index in [1.165, 1.54) is 13.8 Å². The third-order valence-corrected chi connectivity index (χ3v) is 3.43. The minimum atomic E-state index is -0.568. The molecular weight excluding hydrogens is 248 g/mol. The van der Waals surface area contributed by atoms with Crippen molar-refractivity contribution in [3.05, 3.63) is 35.4 Å². The molecule has 0 amide bonds. The fraction of sp³-hybridized carbons (Fsp3) is 0.429. The zero-order valence-corrected chi connectivity index (χ0v) is 10.7. The summed E-state index contributed by atoms with van der Waals surface area (Å²) in [7, 11) is 0. The highest BCUT2D eigenvalue weighted by Crippen LogP contribution is 2.52. The first-order valence-electron chi connectivity index (χ1n) is 6.16. The largest absolute Gasteiger partial charge is 0.455 e. The van der Waals surface area contributed by atoms with Crippen molar-refractivity contribution in [3.63, 3.8) is 0 Å². The molecule has 4 unspecified atom stereocenters. The van der Waals surface area contributed by atoms with Crippen LogP contribution < -0.4 is 0 Å². The Labute approximate surface area is 110 Å². The Kier molecular flexibility index (Phi) is 2.78. The standard InChI is InChI=1S/C14H14O5/c1-7(15)17-13-11-9-5-3-4-6-10(9)12(19-11)14(13)18-8(2)16/h3-6,11-14H,1-2H3. The molecule has 2 aliphatic heterocycles. The molecule has 1 aromatic carbocycles. The van der Waals surface area contributed by atoms with Crippen molar-refractivity contribution in [2.24, 2.45) is 0 Å². The SMILES string of the molecule is CC(=O)OC1C2OC(c3ccccc32)C1OC(C)=O. The maximum atomic E-state index is 11.2. The number of hydrogen-bond donors (Lipinski definition) is 0. The fourth-order valence-corrected chi connectivity index (χ4v) is 2.83. The number of ether oxygens (including phenoxy) is 3. The molecule has 1 fully saturated rings. The molecule has 0 radical (unpaired) electrons. The van der Waals surface area contributed by atoms with Crippen LogP contribution in [0.4, 0.5) is 0 Å². The number of carbonyl (C=O) groups excluding carboxylic acids is 2. The van der Waals surface area contributed by atoms with E-state index < -0.39 is 24.1 Å². The summed E-state index contributed by atoms with van der Waals surface area (Å²) in [4.78, 5) is 22.4. The molecule has 0 spiro atoms. The molecule has 1 aromatic rings. The van der Waals surface area contributed by atoms with Crippen LogP contribution in [0.15, 0.2) is 24.3 Å². The average Bonchev–Trinajstić information content (AvgIpc) is 2.86. The number of rotatable bonds is 2. The molecule has 0 aromatic heterocycles. The van der Waals surface area contributed by atoms with E-state index in [0.717, 1.165) is 11.1 Å². The van der Waals surface area contributed by atoms with E-state index in [0.29, 0.717) is 0 Å². The monoisotopic (exact) mass is 262 g/mol. The first-order valence-corrected chi connectivity index (χ1v) is 6.16. The van der Waals surface area contributed by atoms with Crippen molar-refractivity contribution in [1.29, 1.82) is 0 Å². The maximum absolute atomic E-state index is 11.2. The van der Waals surface area contributed by atoms with Gasteiger partial charge in [0, 0.05) is 13.8 Å². The van der Waals surface area contributed by atoms with Gasteiger partial charge in [-0.05, 0) is 11.1 Å². The van der Waals surface area contributed by atoms with Crippen LogP contribution in [0.2, 0.25) is 0 Å². The minimum absolute atomic E-state index is 0.352. The second-order valence-corrected chi connectivity index (χ2v) is 4.75. The molecule has 2 aliphatic rings. The Morgan fingerprint density at radius 1 is 0.947 bits per heavy atom. The maximum Gasteiger partial charge on any atom is 0.303 e. The Balaban J connectivity index is 1.96. The number of esters is 2. The van der Waals surface area contributed by atoms with Crippen LogP contribution in [0.25, 0.3) is 0 Å². The lowest BCUT2D eigenvalue weighted by atomic mass is 9.87. The smallest absolute Gasteiger partial charge is 0.303 e. The van der Waals surface area contributed by atoms with E-state index in [-0.39, 0.29) is 12.2 Å². The summed E-state index contributed by atoms with van der Waals surface area (Å²) < 4.78 is 16.4.